The van der Waals surface area contributed by atoms with Gasteiger partial charge in [0.05, 0.1) is 38.1 Å². The monoisotopic (exact) mass is 553 g/mol. The van der Waals surface area contributed by atoms with Crippen LogP contribution in [0, 0.1) is 11.3 Å². The molecule has 2 aromatic carbocycles. The van der Waals surface area contributed by atoms with Crippen LogP contribution in [0.2, 0.25) is 0 Å². The number of carbonyl (C=O) groups is 4. The molecule has 2 rings (SSSR count). The van der Waals surface area contributed by atoms with Crippen LogP contribution in [-0.2, 0) is 35.3 Å². The molecule has 0 radical (unpaired) electrons. The summed E-state index contributed by atoms with van der Waals surface area (Å²) in [5.74, 6) is -2.82. The molecule has 1 amide bonds. The highest BCUT2D eigenvalue weighted by Crippen LogP contribution is 2.20. The summed E-state index contributed by atoms with van der Waals surface area (Å²) in [6.07, 6.45) is 0.372. The molecular weight excluding hydrogens is 510 g/mol. The molecule has 218 valence electrons. The Hall–Kier alpha value is -3.56. The van der Waals surface area contributed by atoms with Gasteiger partial charge in [0, 0.05) is 5.92 Å². The summed E-state index contributed by atoms with van der Waals surface area (Å²) in [7, 11) is 1.29. The van der Waals surface area contributed by atoms with E-state index in [9.17, 15) is 19.2 Å². The number of amides is 1. The maximum absolute atomic E-state index is 13.6. The van der Waals surface area contributed by atoms with Gasteiger partial charge in [-0.3, -0.25) is 19.2 Å². The Morgan fingerprint density at radius 2 is 1.50 bits per heavy atom. The molecule has 9 heteroatoms. The molecule has 0 heterocycles. The van der Waals surface area contributed by atoms with Crippen molar-refractivity contribution in [3.05, 3.63) is 71.8 Å². The van der Waals surface area contributed by atoms with Crippen molar-refractivity contribution in [1.29, 1.82) is 0 Å². The Balaban J connectivity index is 2.14. The van der Waals surface area contributed by atoms with Crippen LogP contribution < -0.4 is 16.4 Å². The number of hydrogen-bond donors (Lipinski definition) is 3. The van der Waals surface area contributed by atoms with Crippen molar-refractivity contribution in [2.24, 2.45) is 17.1 Å². The fourth-order valence-electron chi connectivity index (χ4n) is 4.13. The van der Waals surface area contributed by atoms with Crippen molar-refractivity contribution in [2.45, 2.75) is 71.7 Å². The van der Waals surface area contributed by atoms with Crippen molar-refractivity contribution in [1.82, 2.24) is 10.6 Å². The van der Waals surface area contributed by atoms with E-state index in [0.29, 0.717) is 6.54 Å². The van der Waals surface area contributed by atoms with Crippen molar-refractivity contribution < 1.29 is 28.7 Å². The van der Waals surface area contributed by atoms with E-state index in [4.69, 9.17) is 15.2 Å². The number of nitrogens with one attached hydrogen (secondary N) is 2. The van der Waals surface area contributed by atoms with Gasteiger partial charge in [-0.05, 0) is 29.5 Å². The standard InChI is InChI=1S/C31H43N3O6/c1-21(29(37)24(32)18-27(36)40-20-22-12-8-6-9-13-22)28(33-17-16-31(2,3)4)30(38)34-25(19-26(35)39-5)23-14-10-7-11-15-23/h6-15,21,24-25,28,33H,16-20,32H2,1-5H3,(H,34,38)/t21?,24-,25?,28?/m0/s1. The summed E-state index contributed by atoms with van der Waals surface area (Å²) < 4.78 is 10.1. The second-order valence-corrected chi connectivity index (χ2v) is 11.1. The van der Waals surface area contributed by atoms with Crippen LogP contribution in [0.4, 0.5) is 0 Å². The van der Waals surface area contributed by atoms with E-state index in [2.05, 4.69) is 31.4 Å². The van der Waals surface area contributed by atoms with Crippen LogP contribution in [0.3, 0.4) is 0 Å². The summed E-state index contributed by atoms with van der Waals surface area (Å²) in [5, 5.41) is 6.13. The number of benzene rings is 2. The highest BCUT2D eigenvalue weighted by Gasteiger charge is 2.35. The van der Waals surface area contributed by atoms with E-state index < -0.39 is 47.7 Å². The van der Waals surface area contributed by atoms with E-state index in [0.717, 1.165) is 17.5 Å². The van der Waals surface area contributed by atoms with Crippen LogP contribution in [0.25, 0.3) is 0 Å². The summed E-state index contributed by atoms with van der Waals surface area (Å²) in [6, 6.07) is 15.5. The normalized spacial score (nSPS) is 14.3. The van der Waals surface area contributed by atoms with Crippen molar-refractivity contribution >= 4 is 23.6 Å². The number of rotatable bonds is 15. The molecule has 40 heavy (non-hydrogen) atoms. The van der Waals surface area contributed by atoms with Crippen molar-refractivity contribution in [2.75, 3.05) is 13.7 Å². The maximum atomic E-state index is 13.6. The first kappa shape index (κ1) is 32.7. The fourth-order valence-corrected chi connectivity index (χ4v) is 4.13. The van der Waals surface area contributed by atoms with Gasteiger partial charge in [-0.15, -0.1) is 0 Å². The Morgan fingerprint density at radius 3 is 2.08 bits per heavy atom. The van der Waals surface area contributed by atoms with Gasteiger partial charge in [-0.25, -0.2) is 0 Å². The SMILES string of the molecule is COC(=O)CC(NC(=O)C(NCCC(C)(C)C)C(C)C(=O)[C@@H](N)CC(=O)OCc1ccccc1)c1ccccc1. The summed E-state index contributed by atoms with van der Waals surface area (Å²) in [6.45, 7) is 8.41. The van der Waals surface area contributed by atoms with Crippen LogP contribution in [0.15, 0.2) is 60.7 Å². The van der Waals surface area contributed by atoms with Gasteiger partial charge >= 0.3 is 11.9 Å². The van der Waals surface area contributed by atoms with Crippen LogP contribution in [0.5, 0.6) is 0 Å². The number of nitrogens with two attached hydrogens (primary N) is 1. The number of ketones is 1. The van der Waals surface area contributed by atoms with E-state index in [-0.39, 0.29) is 24.9 Å². The lowest BCUT2D eigenvalue weighted by molar-refractivity contribution is -0.147. The molecule has 0 aromatic heterocycles. The summed E-state index contributed by atoms with van der Waals surface area (Å²) >= 11 is 0. The predicted octanol–water partition coefficient (Wildman–Crippen LogP) is 3.47. The molecule has 0 aliphatic heterocycles. The van der Waals surface area contributed by atoms with E-state index in [1.54, 1.807) is 6.92 Å². The Morgan fingerprint density at radius 1 is 0.900 bits per heavy atom. The smallest absolute Gasteiger partial charge is 0.308 e. The first-order valence-corrected chi connectivity index (χ1v) is 13.6. The van der Waals surface area contributed by atoms with Crippen LogP contribution >= 0.6 is 0 Å². The molecule has 2 aromatic rings. The average Bonchev–Trinajstić information content (AvgIpc) is 2.93. The molecule has 0 saturated carbocycles. The molecular formula is C31H43N3O6. The third kappa shape index (κ3) is 11.3. The van der Waals surface area contributed by atoms with Gasteiger partial charge in [0.15, 0.2) is 5.78 Å². The molecule has 0 aliphatic carbocycles. The van der Waals surface area contributed by atoms with Crippen molar-refractivity contribution in [3.63, 3.8) is 0 Å². The van der Waals surface area contributed by atoms with E-state index in [1.807, 2.05) is 60.7 Å². The molecule has 9 nitrogen and oxygen atoms in total. The highest BCUT2D eigenvalue weighted by atomic mass is 16.5. The number of Topliss-reactive ketones (excluding diaryl/α,β-unsaturated/α-hetero) is 1. The molecule has 0 aliphatic rings. The summed E-state index contributed by atoms with van der Waals surface area (Å²) in [5.41, 5.74) is 7.68. The number of carbonyl (C=O) groups excluding carboxylic acids is 4. The molecule has 0 spiro atoms. The first-order valence-electron chi connectivity index (χ1n) is 13.6. The van der Waals surface area contributed by atoms with Crippen LogP contribution in [0.1, 0.15) is 64.1 Å². The largest absolute Gasteiger partial charge is 0.469 e. The summed E-state index contributed by atoms with van der Waals surface area (Å²) in [4.78, 5) is 51.4. The van der Waals surface area contributed by atoms with Gasteiger partial charge in [0.25, 0.3) is 0 Å². The Kier molecular flexibility index (Phi) is 13.0. The average molecular weight is 554 g/mol. The lowest BCUT2D eigenvalue weighted by Crippen LogP contribution is -2.54. The molecule has 0 saturated heterocycles. The lowest BCUT2D eigenvalue weighted by Gasteiger charge is -2.29. The quantitative estimate of drug-likeness (QED) is 0.285. The third-order valence-corrected chi connectivity index (χ3v) is 6.58. The zero-order valence-corrected chi connectivity index (χ0v) is 24.1. The van der Waals surface area contributed by atoms with Crippen LogP contribution in [-0.4, -0.2) is 49.4 Å². The van der Waals surface area contributed by atoms with Gasteiger partial charge in [-0.2, -0.15) is 0 Å². The minimum absolute atomic E-state index is 0.00234. The topological polar surface area (TPSA) is 137 Å². The third-order valence-electron chi connectivity index (χ3n) is 6.58. The van der Waals surface area contributed by atoms with Gasteiger partial charge in [0.2, 0.25) is 5.91 Å². The number of hydrogen-bond acceptors (Lipinski definition) is 8. The second-order valence-electron chi connectivity index (χ2n) is 11.1. The number of esters is 2. The van der Waals surface area contributed by atoms with Gasteiger partial charge in [-0.1, -0.05) is 88.4 Å². The highest BCUT2D eigenvalue weighted by molar-refractivity contribution is 5.95. The minimum Gasteiger partial charge on any atom is -0.469 e. The molecule has 3 unspecified atom stereocenters. The second kappa shape index (κ2) is 15.9. The molecule has 0 fully saturated rings. The molecule has 4 N–H and O–H groups in total. The minimum atomic E-state index is -1.14. The maximum Gasteiger partial charge on any atom is 0.308 e. The fraction of sp³-hybridized carbons (Fsp3) is 0.484. The molecule has 0 bridgehead atoms. The van der Waals surface area contributed by atoms with Crippen molar-refractivity contribution in [3.8, 4) is 0 Å². The lowest BCUT2D eigenvalue weighted by atomic mass is 9.89. The molecule has 4 atom stereocenters. The van der Waals surface area contributed by atoms with Gasteiger partial charge in [0.1, 0.15) is 6.61 Å². The Labute approximate surface area is 237 Å². The zero-order chi connectivity index (χ0) is 29.7. The van der Waals surface area contributed by atoms with E-state index in [1.165, 1.54) is 7.11 Å². The predicted molar refractivity (Wildman–Crippen MR) is 153 cm³/mol. The Bertz CT molecular complexity index is 1100. The number of ether oxygens (including phenoxy) is 2. The first-order chi connectivity index (χ1) is 18.9. The number of methoxy groups -OCH3 is 1. The van der Waals surface area contributed by atoms with E-state index >= 15 is 0 Å². The zero-order valence-electron chi connectivity index (χ0n) is 24.1. The van der Waals surface area contributed by atoms with Gasteiger partial charge < -0.3 is 25.8 Å².